The molecular weight excluding hydrogens is 402 g/mol. The van der Waals surface area contributed by atoms with Crippen molar-refractivity contribution >= 4 is 29.3 Å². The van der Waals surface area contributed by atoms with Crippen LogP contribution in [0.3, 0.4) is 0 Å². The summed E-state index contributed by atoms with van der Waals surface area (Å²) in [5.41, 5.74) is 3.08. The largest absolute Gasteiger partial charge is 0.452 e. The van der Waals surface area contributed by atoms with Gasteiger partial charge in [-0.05, 0) is 44.2 Å². The molecule has 7 nitrogen and oxygen atoms in total. The van der Waals surface area contributed by atoms with Crippen molar-refractivity contribution in [3.63, 3.8) is 0 Å². The first-order valence-electron chi connectivity index (χ1n) is 9.08. The van der Waals surface area contributed by atoms with E-state index in [0.717, 1.165) is 21.9 Å². The first kappa shape index (κ1) is 21.1. The number of nitriles is 1. The highest BCUT2D eigenvalue weighted by Gasteiger charge is 2.16. The lowest BCUT2D eigenvalue weighted by Gasteiger charge is -2.10. The molecule has 0 aliphatic rings. The van der Waals surface area contributed by atoms with Crippen LogP contribution in [0, 0.1) is 25.2 Å². The molecule has 0 aliphatic carbocycles. The predicted octanol–water partition coefficient (Wildman–Crippen LogP) is 4.25. The van der Waals surface area contributed by atoms with Crippen LogP contribution in [0.5, 0.6) is 0 Å². The maximum Gasteiger partial charge on any atom is 0.339 e. The number of nitrogens with one attached hydrogen (secondary N) is 1. The van der Waals surface area contributed by atoms with Crippen LogP contribution in [0.15, 0.2) is 57.9 Å². The van der Waals surface area contributed by atoms with Crippen molar-refractivity contribution in [1.82, 2.24) is 5.16 Å². The van der Waals surface area contributed by atoms with Gasteiger partial charge in [0.15, 0.2) is 6.61 Å². The molecule has 0 radical (unpaired) electrons. The number of aryl methyl sites for hydroxylation is 2. The number of anilines is 1. The number of benzene rings is 2. The van der Waals surface area contributed by atoms with E-state index < -0.39 is 18.5 Å². The number of hydrogen-bond donors (Lipinski definition) is 1. The Balaban J connectivity index is 1.60. The van der Waals surface area contributed by atoms with Crippen LogP contribution >= 0.6 is 11.8 Å². The smallest absolute Gasteiger partial charge is 0.339 e. The van der Waals surface area contributed by atoms with Crippen LogP contribution in [0.4, 0.5) is 5.69 Å². The van der Waals surface area contributed by atoms with Crippen LogP contribution in [-0.4, -0.2) is 23.6 Å². The number of esters is 1. The maximum atomic E-state index is 12.5. The van der Waals surface area contributed by atoms with Crippen molar-refractivity contribution in [2.24, 2.45) is 0 Å². The van der Waals surface area contributed by atoms with Crippen LogP contribution in [0.2, 0.25) is 0 Å². The minimum Gasteiger partial charge on any atom is -0.452 e. The van der Waals surface area contributed by atoms with Gasteiger partial charge in [0.1, 0.15) is 5.76 Å². The van der Waals surface area contributed by atoms with Crippen molar-refractivity contribution < 1.29 is 18.8 Å². The molecule has 30 heavy (non-hydrogen) atoms. The van der Waals surface area contributed by atoms with Crippen LogP contribution < -0.4 is 5.32 Å². The van der Waals surface area contributed by atoms with Gasteiger partial charge >= 0.3 is 5.97 Å². The SMILES string of the molecule is Cc1noc(C)c1CSc1ccccc1C(=O)OCC(=O)Nc1cccc(C#N)c1. The highest BCUT2D eigenvalue weighted by Crippen LogP contribution is 2.29. The molecule has 0 saturated carbocycles. The monoisotopic (exact) mass is 421 g/mol. The summed E-state index contributed by atoms with van der Waals surface area (Å²) in [5, 5.41) is 15.5. The fourth-order valence-electron chi connectivity index (χ4n) is 2.69. The van der Waals surface area contributed by atoms with Gasteiger partial charge in [0, 0.05) is 21.9 Å². The molecule has 0 fully saturated rings. The minimum atomic E-state index is -0.585. The zero-order valence-corrected chi connectivity index (χ0v) is 17.3. The Morgan fingerprint density at radius 1 is 1.20 bits per heavy atom. The highest BCUT2D eigenvalue weighted by molar-refractivity contribution is 7.98. The predicted molar refractivity (Wildman–Crippen MR) is 112 cm³/mol. The molecule has 152 valence electrons. The second-order valence-corrected chi connectivity index (χ2v) is 7.42. The van der Waals surface area contributed by atoms with Crippen LogP contribution in [0.1, 0.15) is 32.9 Å². The number of hydrogen-bond acceptors (Lipinski definition) is 7. The van der Waals surface area contributed by atoms with E-state index in [1.165, 1.54) is 11.8 Å². The summed E-state index contributed by atoms with van der Waals surface area (Å²) >= 11 is 1.47. The Morgan fingerprint density at radius 2 is 2.00 bits per heavy atom. The van der Waals surface area contributed by atoms with Crippen molar-refractivity contribution in [2.75, 3.05) is 11.9 Å². The lowest BCUT2D eigenvalue weighted by molar-refractivity contribution is -0.119. The standard InChI is InChI=1S/C22H19N3O4S/c1-14-19(15(2)29-25-14)13-30-20-9-4-3-8-18(20)22(27)28-12-21(26)24-17-7-5-6-16(10-17)11-23/h3-10H,12-13H2,1-2H3,(H,24,26). The average molecular weight is 421 g/mol. The van der Waals surface area contributed by atoms with Crippen molar-refractivity contribution in [1.29, 1.82) is 5.26 Å². The number of nitrogens with zero attached hydrogens (tertiary/aromatic N) is 2. The summed E-state index contributed by atoms with van der Waals surface area (Å²) in [7, 11) is 0. The molecule has 3 rings (SSSR count). The first-order chi connectivity index (χ1) is 14.5. The van der Waals surface area contributed by atoms with E-state index in [-0.39, 0.29) is 0 Å². The van der Waals surface area contributed by atoms with Gasteiger partial charge in [0.25, 0.3) is 5.91 Å². The Labute approximate surface area is 178 Å². The molecule has 2 aromatic carbocycles. The first-order valence-corrected chi connectivity index (χ1v) is 10.1. The van der Waals surface area contributed by atoms with Crippen LogP contribution in [0.25, 0.3) is 0 Å². The molecule has 1 N–H and O–H groups in total. The summed E-state index contributed by atoms with van der Waals surface area (Å²) in [6.45, 7) is 3.29. The molecule has 1 amide bonds. The van der Waals surface area contributed by atoms with Crippen molar-refractivity contribution in [2.45, 2.75) is 24.5 Å². The van der Waals surface area contributed by atoms with E-state index in [9.17, 15) is 9.59 Å². The molecule has 0 aliphatic heterocycles. The molecule has 0 unspecified atom stereocenters. The van der Waals surface area contributed by atoms with Gasteiger partial charge in [-0.2, -0.15) is 5.26 Å². The molecule has 0 atom stereocenters. The molecule has 1 aromatic heterocycles. The number of amides is 1. The second kappa shape index (κ2) is 9.76. The number of carbonyl (C=O) groups is 2. The summed E-state index contributed by atoms with van der Waals surface area (Å²) in [5.74, 6) is 0.274. The van der Waals surface area contributed by atoms with Gasteiger partial charge in [-0.3, -0.25) is 4.79 Å². The van der Waals surface area contributed by atoms with E-state index in [1.54, 1.807) is 36.4 Å². The zero-order valence-electron chi connectivity index (χ0n) is 16.5. The third-order valence-corrected chi connectivity index (χ3v) is 5.37. The van der Waals surface area contributed by atoms with Gasteiger partial charge in [0.2, 0.25) is 0 Å². The topological polar surface area (TPSA) is 105 Å². The lowest BCUT2D eigenvalue weighted by Crippen LogP contribution is -2.21. The van der Waals surface area contributed by atoms with E-state index >= 15 is 0 Å². The summed E-state index contributed by atoms with van der Waals surface area (Å²) in [6, 6.07) is 15.5. The van der Waals surface area contributed by atoms with E-state index in [1.807, 2.05) is 32.0 Å². The number of rotatable bonds is 7. The summed E-state index contributed by atoms with van der Waals surface area (Å²) in [6.07, 6.45) is 0. The Morgan fingerprint density at radius 3 is 2.73 bits per heavy atom. The number of aromatic nitrogens is 1. The molecule has 0 saturated heterocycles. The van der Waals surface area contributed by atoms with Gasteiger partial charge in [0.05, 0.1) is 22.9 Å². The molecule has 3 aromatic rings. The Kier molecular flexibility index (Phi) is 6.88. The highest BCUT2D eigenvalue weighted by atomic mass is 32.2. The fourth-order valence-corrected chi connectivity index (χ4v) is 3.89. The maximum absolute atomic E-state index is 12.5. The number of ether oxygens (including phenoxy) is 1. The normalized spacial score (nSPS) is 10.3. The van der Waals surface area contributed by atoms with Crippen LogP contribution in [-0.2, 0) is 15.3 Å². The Bertz CT molecular complexity index is 1100. The van der Waals surface area contributed by atoms with E-state index in [2.05, 4.69) is 10.5 Å². The third kappa shape index (κ3) is 5.27. The van der Waals surface area contributed by atoms with Crippen molar-refractivity contribution in [3.05, 3.63) is 76.7 Å². The van der Waals surface area contributed by atoms with Gasteiger partial charge in [-0.1, -0.05) is 23.4 Å². The average Bonchev–Trinajstić information content (AvgIpc) is 3.08. The minimum absolute atomic E-state index is 0.383. The molecule has 1 heterocycles. The third-order valence-electron chi connectivity index (χ3n) is 4.27. The van der Waals surface area contributed by atoms with Gasteiger partial charge < -0.3 is 14.6 Å². The molecule has 8 heteroatoms. The quantitative estimate of drug-likeness (QED) is 0.449. The number of thioether (sulfide) groups is 1. The van der Waals surface area contributed by atoms with Gasteiger partial charge in [-0.25, -0.2) is 4.79 Å². The number of carbonyl (C=O) groups excluding carboxylic acids is 2. The van der Waals surface area contributed by atoms with Gasteiger partial charge in [-0.15, -0.1) is 11.8 Å². The Hall–Kier alpha value is -3.57. The molecular formula is C22H19N3O4S. The van der Waals surface area contributed by atoms with Crippen molar-refractivity contribution in [3.8, 4) is 6.07 Å². The molecule has 0 spiro atoms. The van der Waals surface area contributed by atoms with E-state index in [4.69, 9.17) is 14.5 Å². The summed E-state index contributed by atoms with van der Waals surface area (Å²) < 4.78 is 10.4. The molecule has 0 bridgehead atoms. The van der Waals surface area contributed by atoms with E-state index in [0.29, 0.717) is 22.6 Å². The fraction of sp³-hybridized carbons (Fsp3) is 0.182. The lowest BCUT2D eigenvalue weighted by atomic mass is 10.2. The second-order valence-electron chi connectivity index (χ2n) is 6.40. The summed E-state index contributed by atoms with van der Waals surface area (Å²) in [4.78, 5) is 25.4. The zero-order chi connectivity index (χ0) is 21.5.